The highest BCUT2D eigenvalue weighted by Crippen LogP contribution is 2.36. The molecule has 11 heteroatoms. The van der Waals surface area contributed by atoms with Crippen molar-refractivity contribution in [3.05, 3.63) is 42.5 Å². The highest BCUT2D eigenvalue weighted by atomic mass is 32.2. The van der Waals surface area contributed by atoms with Crippen LogP contribution in [0.25, 0.3) is 20.7 Å². The Morgan fingerprint density at radius 3 is 2.68 bits per heavy atom. The lowest BCUT2D eigenvalue weighted by Gasteiger charge is -2.08. The number of alkyl carbamates (subject to hydrolysis) is 1. The second-order valence-electron chi connectivity index (χ2n) is 5.48. The maximum absolute atomic E-state index is 13.1. The molecule has 0 aliphatic carbocycles. The van der Waals surface area contributed by atoms with E-state index in [1.54, 1.807) is 12.1 Å². The Labute approximate surface area is 165 Å². The molecular formula is C17H13F4N3O2S2. The van der Waals surface area contributed by atoms with Crippen LogP contribution in [0.2, 0.25) is 0 Å². The molecule has 1 amide bonds. The second-order valence-corrected chi connectivity index (χ2v) is 7.61. The number of nitrogens with one attached hydrogen (secondary N) is 1. The number of hydrogen-bond donors (Lipinski definition) is 1. The van der Waals surface area contributed by atoms with E-state index < -0.39 is 18.9 Å². The molecule has 0 unspecified atom stereocenters. The Hall–Kier alpha value is -2.40. The van der Waals surface area contributed by atoms with Gasteiger partial charge in [0.05, 0.1) is 10.2 Å². The first-order valence-electron chi connectivity index (χ1n) is 7.92. The number of thiophene rings is 1. The van der Waals surface area contributed by atoms with Gasteiger partial charge in [-0.05, 0) is 23.8 Å². The zero-order valence-electron chi connectivity index (χ0n) is 14.1. The summed E-state index contributed by atoms with van der Waals surface area (Å²) in [5, 5.41) is 2.94. The lowest BCUT2D eigenvalue weighted by Crippen LogP contribution is -2.30. The summed E-state index contributed by atoms with van der Waals surface area (Å²) in [6, 6.07) is 7.99. The largest absolute Gasteiger partial charge is 0.440 e. The molecule has 0 fully saturated rings. The molecule has 0 saturated carbocycles. The van der Waals surface area contributed by atoms with Gasteiger partial charge in [0.2, 0.25) is 0 Å². The number of aromatic nitrogens is 2. The van der Waals surface area contributed by atoms with Gasteiger partial charge < -0.3 is 10.1 Å². The summed E-state index contributed by atoms with van der Waals surface area (Å²) in [6.07, 6.45) is -4.27. The van der Waals surface area contributed by atoms with Crippen molar-refractivity contribution in [2.24, 2.45) is 0 Å². The van der Waals surface area contributed by atoms with Gasteiger partial charge in [-0.3, -0.25) is 0 Å². The minimum absolute atomic E-state index is 0.114. The SMILES string of the molecule is O=C(NCCSc1ncnc2cc(-c3ccc(F)cc3)sc12)OCC(F)(F)F. The fraction of sp³-hybridized carbons (Fsp3) is 0.235. The number of rotatable bonds is 6. The normalized spacial score (nSPS) is 11.6. The molecule has 1 N–H and O–H groups in total. The van der Waals surface area contributed by atoms with Crippen LogP contribution in [0.4, 0.5) is 22.4 Å². The molecule has 0 aliphatic heterocycles. The molecule has 5 nitrogen and oxygen atoms in total. The first-order chi connectivity index (χ1) is 13.3. The molecule has 0 atom stereocenters. The van der Waals surface area contributed by atoms with Crippen molar-refractivity contribution in [2.45, 2.75) is 11.2 Å². The average molecular weight is 431 g/mol. The van der Waals surface area contributed by atoms with E-state index in [0.29, 0.717) is 10.8 Å². The Balaban J connectivity index is 1.59. The third-order valence-corrected chi connectivity index (χ3v) is 5.68. The summed E-state index contributed by atoms with van der Waals surface area (Å²) in [4.78, 5) is 20.6. The number of alkyl halides is 3. The predicted octanol–water partition coefficient (Wildman–Crippen LogP) is 4.88. The summed E-state index contributed by atoms with van der Waals surface area (Å²) in [7, 11) is 0. The fourth-order valence-corrected chi connectivity index (χ4v) is 4.25. The summed E-state index contributed by atoms with van der Waals surface area (Å²) in [5.74, 6) is 0.0685. The van der Waals surface area contributed by atoms with Crippen molar-refractivity contribution in [3.8, 4) is 10.4 Å². The number of thioether (sulfide) groups is 1. The van der Waals surface area contributed by atoms with Gasteiger partial charge in [-0.1, -0.05) is 12.1 Å². The van der Waals surface area contributed by atoms with E-state index in [0.717, 1.165) is 20.7 Å². The molecular weight excluding hydrogens is 418 g/mol. The van der Waals surface area contributed by atoms with Crippen LogP contribution < -0.4 is 5.32 Å². The van der Waals surface area contributed by atoms with Crippen LogP contribution >= 0.6 is 23.1 Å². The van der Waals surface area contributed by atoms with E-state index in [2.05, 4.69) is 20.0 Å². The van der Waals surface area contributed by atoms with Crippen LogP contribution in [0.5, 0.6) is 0 Å². The molecule has 3 aromatic rings. The molecule has 2 aromatic heterocycles. The minimum Gasteiger partial charge on any atom is -0.440 e. The molecule has 3 rings (SSSR count). The van der Waals surface area contributed by atoms with Gasteiger partial charge in [-0.2, -0.15) is 13.2 Å². The molecule has 0 aliphatic rings. The Morgan fingerprint density at radius 1 is 1.21 bits per heavy atom. The second kappa shape index (κ2) is 8.74. The number of ether oxygens (including phenoxy) is 1. The highest BCUT2D eigenvalue weighted by molar-refractivity contribution is 7.99. The minimum atomic E-state index is -4.56. The maximum Gasteiger partial charge on any atom is 0.422 e. The smallest absolute Gasteiger partial charge is 0.422 e. The topological polar surface area (TPSA) is 64.1 Å². The summed E-state index contributed by atoms with van der Waals surface area (Å²) in [5.41, 5.74) is 1.59. The number of fused-ring (bicyclic) bond motifs is 1. The molecule has 0 spiro atoms. The van der Waals surface area contributed by atoms with E-state index in [-0.39, 0.29) is 12.4 Å². The third-order valence-electron chi connectivity index (χ3n) is 3.38. The standard InChI is InChI=1S/C17H13F4N3O2S2/c18-11-3-1-10(2-4-11)13-7-12-14(28-13)15(24-9-23-12)27-6-5-22-16(25)26-8-17(19,20)21/h1-4,7,9H,5-6,8H2,(H,22,25). The number of benzene rings is 1. The van der Waals surface area contributed by atoms with Crippen LogP contribution in [-0.2, 0) is 4.74 Å². The zero-order chi connectivity index (χ0) is 20.1. The van der Waals surface area contributed by atoms with Gasteiger partial charge in [0, 0.05) is 17.2 Å². The van der Waals surface area contributed by atoms with Gasteiger partial charge in [0.15, 0.2) is 6.61 Å². The summed E-state index contributed by atoms with van der Waals surface area (Å²) >= 11 is 2.79. The molecule has 1 aromatic carbocycles. The van der Waals surface area contributed by atoms with E-state index in [1.165, 1.54) is 41.6 Å². The lowest BCUT2D eigenvalue weighted by molar-refractivity contribution is -0.160. The lowest BCUT2D eigenvalue weighted by atomic mass is 10.2. The fourth-order valence-electron chi connectivity index (χ4n) is 2.19. The molecule has 0 saturated heterocycles. The van der Waals surface area contributed by atoms with Crippen LogP contribution in [0.1, 0.15) is 0 Å². The number of carbonyl (C=O) groups excluding carboxylic acids is 1. The van der Waals surface area contributed by atoms with E-state index >= 15 is 0 Å². The van der Waals surface area contributed by atoms with Gasteiger partial charge in [-0.25, -0.2) is 19.2 Å². The summed E-state index contributed by atoms with van der Waals surface area (Å²) < 4.78 is 53.9. The first-order valence-corrected chi connectivity index (χ1v) is 9.73. The van der Waals surface area contributed by atoms with Crippen molar-refractivity contribution in [1.29, 1.82) is 0 Å². The average Bonchev–Trinajstić information content (AvgIpc) is 3.08. The number of carbonyl (C=O) groups is 1. The quantitative estimate of drug-likeness (QED) is 0.261. The van der Waals surface area contributed by atoms with Crippen LogP contribution in [-0.4, -0.2) is 41.1 Å². The van der Waals surface area contributed by atoms with E-state index in [4.69, 9.17) is 0 Å². The number of halogens is 4. The predicted molar refractivity (Wildman–Crippen MR) is 98.9 cm³/mol. The van der Waals surface area contributed by atoms with Crippen molar-refractivity contribution < 1.29 is 27.1 Å². The van der Waals surface area contributed by atoms with Gasteiger partial charge in [0.1, 0.15) is 17.2 Å². The van der Waals surface area contributed by atoms with E-state index in [1.807, 2.05) is 6.07 Å². The number of hydrogen-bond acceptors (Lipinski definition) is 6. The van der Waals surface area contributed by atoms with Crippen molar-refractivity contribution in [1.82, 2.24) is 15.3 Å². The van der Waals surface area contributed by atoms with Crippen LogP contribution in [0, 0.1) is 5.82 Å². The van der Waals surface area contributed by atoms with Crippen molar-refractivity contribution >= 4 is 39.4 Å². The molecule has 148 valence electrons. The number of amides is 1. The molecule has 0 radical (unpaired) electrons. The molecule has 28 heavy (non-hydrogen) atoms. The van der Waals surface area contributed by atoms with Gasteiger partial charge in [-0.15, -0.1) is 23.1 Å². The molecule has 2 heterocycles. The van der Waals surface area contributed by atoms with E-state index in [9.17, 15) is 22.4 Å². The van der Waals surface area contributed by atoms with Crippen molar-refractivity contribution in [3.63, 3.8) is 0 Å². The van der Waals surface area contributed by atoms with Gasteiger partial charge >= 0.3 is 12.3 Å². The first kappa shape index (κ1) is 20.3. The maximum atomic E-state index is 13.1. The van der Waals surface area contributed by atoms with Crippen LogP contribution in [0.15, 0.2) is 41.7 Å². The van der Waals surface area contributed by atoms with Gasteiger partial charge in [0.25, 0.3) is 0 Å². The number of nitrogens with zero attached hydrogens (tertiary/aromatic N) is 2. The summed E-state index contributed by atoms with van der Waals surface area (Å²) in [6.45, 7) is -1.51. The Morgan fingerprint density at radius 2 is 1.96 bits per heavy atom. The monoisotopic (exact) mass is 431 g/mol. The van der Waals surface area contributed by atoms with Crippen LogP contribution in [0.3, 0.4) is 0 Å². The highest BCUT2D eigenvalue weighted by Gasteiger charge is 2.29. The molecule has 0 bridgehead atoms. The van der Waals surface area contributed by atoms with Crippen molar-refractivity contribution in [2.75, 3.05) is 18.9 Å². The zero-order valence-corrected chi connectivity index (χ0v) is 15.8. The third kappa shape index (κ3) is 5.55. The Bertz CT molecular complexity index is 961. The Kier molecular flexibility index (Phi) is 6.35.